The Morgan fingerprint density at radius 1 is 0.905 bits per heavy atom. The minimum Gasteiger partial charge on any atom is -0.312 e. The van der Waals surface area contributed by atoms with Crippen molar-refractivity contribution in [1.29, 1.82) is 0 Å². The smallest absolute Gasteiger partial charge is 0.0260 e. The third-order valence-electron chi connectivity index (χ3n) is 4.10. The lowest BCUT2D eigenvalue weighted by molar-refractivity contribution is 0.465. The van der Waals surface area contributed by atoms with Crippen LogP contribution in [0.15, 0.2) is 12.2 Å². The zero-order valence-electron chi connectivity index (χ0n) is 14.7. The van der Waals surface area contributed by atoms with E-state index in [0.717, 1.165) is 22.9 Å². The molecule has 0 aromatic carbocycles. The number of allylic oxidation sites excluding steroid dienone is 1. The lowest BCUT2D eigenvalue weighted by atomic mass is 9.99. The number of hydrogen-bond acceptors (Lipinski definition) is 1. The van der Waals surface area contributed by atoms with Gasteiger partial charge in [0.25, 0.3) is 0 Å². The van der Waals surface area contributed by atoms with Crippen LogP contribution in [-0.2, 0) is 0 Å². The van der Waals surface area contributed by atoms with Crippen LogP contribution >= 0.6 is 22.6 Å². The molecule has 0 aliphatic rings. The van der Waals surface area contributed by atoms with Crippen LogP contribution < -0.4 is 5.32 Å². The van der Waals surface area contributed by atoms with Gasteiger partial charge in [-0.25, -0.2) is 0 Å². The number of hydrogen-bond donors (Lipinski definition) is 1. The normalized spacial score (nSPS) is 14.7. The predicted molar refractivity (Wildman–Crippen MR) is 106 cm³/mol. The highest BCUT2D eigenvalue weighted by Crippen LogP contribution is 2.20. The highest BCUT2D eigenvalue weighted by Gasteiger charge is 2.12. The SMILES string of the molecule is CCC/C=C\CNCC(I)C(C)CCCCCCCCC. The Labute approximate surface area is 147 Å². The second-order valence-electron chi connectivity index (χ2n) is 6.32. The molecule has 2 heteroatoms. The van der Waals surface area contributed by atoms with Gasteiger partial charge >= 0.3 is 0 Å². The summed E-state index contributed by atoms with van der Waals surface area (Å²) in [6.45, 7) is 9.11. The van der Waals surface area contributed by atoms with Gasteiger partial charge in [0, 0.05) is 17.0 Å². The Kier molecular flexibility index (Phi) is 17.1. The Hall–Kier alpha value is 0.430. The molecule has 1 N–H and O–H groups in total. The third-order valence-corrected chi connectivity index (χ3v) is 5.77. The van der Waals surface area contributed by atoms with Crippen molar-refractivity contribution in [1.82, 2.24) is 5.32 Å². The lowest BCUT2D eigenvalue weighted by Crippen LogP contribution is -2.27. The average Bonchev–Trinajstić information content (AvgIpc) is 2.49. The van der Waals surface area contributed by atoms with Crippen LogP contribution in [-0.4, -0.2) is 17.0 Å². The highest BCUT2D eigenvalue weighted by atomic mass is 127. The summed E-state index contributed by atoms with van der Waals surface area (Å²) in [6, 6.07) is 0. The van der Waals surface area contributed by atoms with E-state index < -0.39 is 0 Å². The number of halogens is 1. The summed E-state index contributed by atoms with van der Waals surface area (Å²) in [5.41, 5.74) is 0. The fraction of sp³-hybridized carbons (Fsp3) is 0.895. The molecule has 0 radical (unpaired) electrons. The Morgan fingerprint density at radius 2 is 1.57 bits per heavy atom. The van der Waals surface area contributed by atoms with Crippen molar-refractivity contribution in [2.45, 2.75) is 88.9 Å². The Morgan fingerprint density at radius 3 is 2.24 bits per heavy atom. The molecule has 0 aromatic rings. The topological polar surface area (TPSA) is 12.0 Å². The minimum absolute atomic E-state index is 0.766. The van der Waals surface area contributed by atoms with Gasteiger partial charge < -0.3 is 5.32 Å². The van der Waals surface area contributed by atoms with Gasteiger partial charge in [-0.05, 0) is 18.8 Å². The van der Waals surface area contributed by atoms with Crippen LogP contribution in [0.4, 0.5) is 0 Å². The predicted octanol–water partition coefficient (Wildman–Crippen LogP) is 6.51. The molecule has 2 unspecified atom stereocenters. The van der Waals surface area contributed by atoms with E-state index in [-0.39, 0.29) is 0 Å². The molecule has 0 fully saturated rings. The molecule has 0 aliphatic carbocycles. The molecule has 0 saturated carbocycles. The first kappa shape index (κ1) is 21.4. The fourth-order valence-electron chi connectivity index (χ4n) is 2.48. The molecule has 0 bridgehead atoms. The summed E-state index contributed by atoms with van der Waals surface area (Å²) in [5, 5.41) is 3.56. The Bertz CT molecular complexity index is 228. The van der Waals surface area contributed by atoms with Crippen molar-refractivity contribution in [2.24, 2.45) is 5.92 Å². The van der Waals surface area contributed by atoms with E-state index in [1.165, 1.54) is 64.2 Å². The fourth-order valence-corrected chi connectivity index (χ4v) is 3.15. The van der Waals surface area contributed by atoms with E-state index in [1.54, 1.807) is 0 Å². The molecule has 21 heavy (non-hydrogen) atoms. The highest BCUT2D eigenvalue weighted by molar-refractivity contribution is 14.1. The van der Waals surface area contributed by atoms with Crippen molar-refractivity contribution >= 4 is 22.6 Å². The van der Waals surface area contributed by atoms with Crippen LogP contribution in [0.25, 0.3) is 0 Å². The molecule has 0 heterocycles. The van der Waals surface area contributed by atoms with Crippen LogP contribution in [0.3, 0.4) is 0 Å². The van der Waals surface area contributed by atoms with E-state index in [9.17, 15) is 0 Å². The lowest BCUT2D eigenvalue weighted by Gasteiger charge is -2.18. The van der Waals surface area contributed by atoms with Crippen LogP contribution in [0.2, 0.25) is 0 Å². The maximum atomic E-state index is 3.56. The number of alkyl halides is 1. The van der Waals surface area contributed by atoms with E-state index in [2.05, 4.69) is 60.8 Å². The van der Waals surface area contributed by atoms with Gasteiger partial charge in [0.15, 0.2) is 0 Å². The average molecular weight is 407 g/mol. The summed E-state index contributed by atoms with van der Waals surface area (Å²) < 4.78 is 0.766. The molecule has 0 rings (SSSR count). The molecule has 0 aromatic heterocycles. The molecule has 126 valence electrons. The van der Waals surface area contributed by atoms with Crippen molar-refractivity contribution in [3.8, 4) is 0 Å². The van der Waals surface area contributed by atoms with Gasteiger partial charge in [-0.3, -0.25) is 0 Å². The van der Waals surface area contributed by atoms with Crippen molar-refractivity contribution in [3.63, 3.8) is 0 Å². The van der Waals surface area contributed by atoms with Crippen molar-refractivity contribution in [3.05, 3.63) is 12.2 Å². The molecule has 0 spiro atoms. The summed E-state index contributed by atoms with van der Waals surface area (Å²) in [4.78, 5) is 0. The second kappa shape index (κ2) is 16.8. The summed E-state index contributed by atoms with van der Waals surface area (Å²) in [7, 11) is 0. The number of unbranched alkanes of at least 4 members (excludes halogenated alkanes) is 7. The van der Waals surface area contributed by atoms with Gasteiger partial charge in [0.1, 0.15) is 0 Å². The monoisotopic (exact) mass is 407 g/mol. The van der Waals surface area contributed by atoms with E-state index in [1.807, 2.05) is 0 Å². The zero-order chi connectivity index (χ0) is 15.8. The van der Waals surface area contributed by atoms with E-state index >= 15 is 0 Å². The van der Waals surface area contributed by atoms with Gasteiger partial charge in [-0.1, -0.05) is 107 Å². The molecule has 0 aliphatic heterocycles. The molecular weight excluding hydrogens is 369 g/mol. The van der Waals surface area contributed by atoms with Crippen molar-refractivity contribution in [2.75, 3.05) is 13.1 Å². The molecule has 0 saturated heterocycles. The Balaban J connectivity index is 3.42. The maximum Gasteiger partial charge on any atom is 0.0260 e. The van der Waals surface area contributed by atoms with Crippen LogP contribution in [0, 0.1) is 5.92 Å². The largest absolute Gasteiger partial charge is 0.312 e. The number of rotatable bonds is 15. The summed E-state index contributed by atoms with van der Waals surface area (Å²) in [6.07, 6.45) is 18.4. The van der Waals surface area contributed by atoms with Crippen LogP contribution in [0.1, 0.15) is 85.0 Å². The third kappa shape index (κ3) is 15.1. The summed E-state index contributed by atoms with van der Waals surface area (Å²) in [5.74, 6) is 0.841. The molecule has 0 amide bonds. The quantitative estimate of drug-likeness (QED) is 0.141. The van der Waals surface area contributed by atoms with Gasteiger partial charge in [0.05, 0.1) is 0 Å². The second-order valence-corrected chi connectivity index (χ2v) is 7.92. The molecular formula is C19H38IN. The maximum absolute atomic E-state index is 3.56. The van der Waals surface area contributed by atoms with Gasteiger partial charge in [0.2, 0.25) is 0 Å². The first-order valence-corrected chi connectivity index (χ1v) is 10.5. The minimum atomic E-state index is 0.766. The van der Waals surface area contributed by atoms with Crippen molar-refractivity contribution < 1.29 is 0 Å². The van der Waals surface area contributed by atoms with Gasteiger partial charge in [-0.2, -0.15) is 0 Å². The first-order valence-electron chi connectivity index (χ1n) is 9.22. The van der Waals surface area contributed by atoms with E-state index in [0.29, 0.717) is 0 Å². The van der Waals surface area contributed by atoms with Crippen LogP contribution in [0.5, 0.6) is 0 Å². The standard InChI is InChI=1S/C19H38IN/c1-4-6-8-10-11-12-13-15-18(3)19(20)17-21-16-14-9-7-5-2/h9,14,18-19,21H,4-8,10-13,15-17H2,1-3H3/b14-9-. The number of nitrogens with one attached hydrogen (secondary N) is 1. The first-order chi connectivity index (χ1) is 10.2. The van der Waals surface area contributed by atoms with E-state index in [4.69, 9.17) is 0 Å². The summed E-state index contributed by atoms with van der Waals surface area (Å²) >= 11 is 2.63. The molecule has 2 atom stereocenters. The van der Waals surface area contributed by atoms with Gasteiger partial charge in [-0.15, -0.1) is 0 Å². The molecule has 1 nitrogen and oxygen atoms in total. The zero-order valence-corrected chi connectivity index (χ0v) is 16.8.